The summed E-state index contributed by atoms with van der Waals surface area (Å²) in [7, 11) is 1.54. The molecule has 84 valence electrons. The Morgan fingerprint density at radius 2 is 2.27 bits per heavy atom. The van der Waals surface area contributed by atoms with Crippen molar-refractivity contribution in [2.45, 2.75) is 13.0 Å². The Bertz CT molecular complexity index is 333. The predicted octanol–water partition coefficient (Wildman–Crippen LogP) is 1.90. The van der Waals surface area contributed by atoms with Crippen LogP contribution in [0.4, 0.5) is 14.6 Å². The van der Waals surface area contributed by atoms with E-state index in [-0.39, 0.29) is 13.1 Å². The van der Waals surface area contributed by atoms with E-state index in [1.807, 2.05) is 0 Å². The van der Waals surface area contributed by atoms with E-state index < -0.39 is 6.43 Å². The summed E-state index contributed by atoms with van der Waals surface area (Å²) >= 11 is 5.80. The smallest absolute Gasteiger partial charge is 0.255 e. The predicted molar refractivity (Wildman–Crippen MR) is 56.4 cm³/mol. The molecule has 3 nitrogen and oxygen atoms in total. The van der Waals surface area contributed by atoms with E-state index in [2.05, 4.69) is 4.98 Å². The van der Waals surface area contributed by atoms with Crippen LogP contribution in [0.25, 0.3) is 0 Å². The van der Waals surface area contributed by atoms with E-state index in [0.717, 1.165) is 0 Å². The molecule has 0 aliphatic rings. The van der Waals surface area contributed by atoms with Gasteiger partial charge in [0.25, 0.3) is 6.43 Å². The van der Waals surface area contributed by atoms with Gasteiger partial charge in [0.1, 0.15) is 5.82 Å². The Morgan fingerprint density at radius 1 is 1.60 bits per heavy atom. The van der Waals surface area contributed by atoms with Gasteiger partial charge >= 0.3 is 0 Å². The first-order valence-electron chi connectivity index (χ1n) is 4.38. The minimum absolute atomic E-state index is 0.261. The maximum absolute atomic E-state index is 12.1. The van der Waals surface area contributed by atoms with Crippen LogP contribution in [-0.4, -0.2) is 25.0 Å². The molecule has 0 atom stereocenters. The summed E-state index contributed by atoms with van der Waals surface area (Å²) in [6, 6.07) is 1.62. The van der Waals surface area contributed by atoms with Crippen molar-refractivity contribution in [2.75, 3.05) is 18.5 Å². The van der Waals surface area contributed by atoms with Gasteiger partial charge in [-0.05, 0) is 11.6 Å². The summed E-state index contributed by atoms with van der Waals surface area (Å²) in [6.45, 7) is -0.102. The van der Waals surface area contributed by atoms with E-state index in [4.69, 9.17) is 17.3 Å². The molecule has 0 aromatic carbocycles. The molecule has 0 aliphatic carbocycles. The number of hydrogen-bond donors (Lipinski definition) is 1. The second-order valence-electron chi connectivity index (χ2n) is 3.11. The Labute approximate surface area is 91.8 Å². The molecule has 2 N–H and O–H groups in total. The van der Waals surface area contributed by atoms with Crippen LogP contribution in [0.15, 0.2) is 12.3 Å². The van der Waals surface area contributed by atoms with Gasteiger partial charge in [-0.15, -0.1) is 0 Å². The van der Waals surface area contributed by atoms with Gasteiger partial charge in [0.2, 0.25) is 0 Å². The van der Waals surface area contributed by atoms with Gasteiger partial charge in [0.05, 0.1) is 11.6 Å². The van der Waals surface area contributed by atoms with Crippen molar-refractivity contribution >= 4 is 17.4 Å². The molecule has 0 fully saturated rings. The minimum Gasteiger partial charge on any atom is -0.354 e. The lowest BCUT2D eigenvalue weighted by Crippen LogP contribution is -2.25. The first-order chi connectivity index (χ1) is 7.04. The Kier molecular flexibility index (Phi) is 4.23. The summed E-state index contributed by atoms with van der Waals surface area (Å²) < 4.78 is 24.2. The van der Waals surface area contributed by atoms with Crippen molar-refractivity contribution in [3.63, 3.8) is 0 Å². The zero-order chi connectivity index (χ0) is 11.4. The molecule has 6 heteroatoms. The van der Waals surface area contributed by atoms with Crippen LogP contribution in [0.5, 0.6) is 0 Å². The fraction of sp³-hybridized carbons (Fsp3) is 0.444. The summed E-state index contributed by atoms with van der Waals surface area (Å²) in [4.78, 5) is 5.31. The number of halogens is 3. The molecule has 1 heterocycles. The molecule has 0 spiro atoms. The number of hydrogen-bond acceptors (Lipinski definition) is 3. The SMILES string of the molecule is CN(CC(F)F)c1cc(CN)c(Cl)cn1. The fourth-order valence-corrected chi connectivity index (χ4v) is 1.31. The number of alkyl halides is 2. The van der Waals surface area contributed by atoms with Crippen LogP contribution < -0.4 is 10.6 Å². The number of rotatable bonds is 4. The topological polar surface area (TPSA) is 42.1 Å². The van der Waals surface area contributed by atoms with Crippen LogP contribution in [-0.2, 0) is 6.54 Å². The first-order valence-corrected chi connectivity index (χ1v) is 4.76. The van der Waals surface area contributed by atoms with Crippen molar-refractivity contribution in [2.24, 2.45) is 5.73 Å². The summed E-state index contributed by atoms with van der Waals surface area (Å²) in [6.07, 6.45) is -0.977. The Balaban J connectivity index is 2.85. The largest absolute Gasteiger partial charge is 0.354 e. The fourth-order valence-electron chi connectivity index (χ4n) is 1.13. The van der Waals surface area contributed by atoms with Gasteiger partial charge in [-0.3, -0.25) is 0 Å². The monoisotopic (exact) mass is 235 g/mol. The first kappa shape index (κ1) is 12.1. The van der Waals surface area contributed by atoms with Gasteiger partial charge in [-0.2, -0.15) is 0 Å². The molecule has 15 heavy (non-hydrogen) atoms. The average Bonchev–Trinajstić information content (AvgIpc) is 2.17. The molecule has 1 aromatic heterocycles. The van der Waals surface area contributed by atoms with Crippen LogP contribution in [0.1, 0.15) is 5.56 Å². The lowest BCUT2D eigenvalue weighted by Gasteiger charge is -2.18. The molecule has 0 bridgehead atoms. The third kappa shape index (κ3) is 3.28. The Morgan fingerprint density at radius 3 is 2.80 bits per heavy atom. The number of anilines is 1. The number of nitrogens with two attached hydrogens (primary N) is 1. The van der Waals surface area contributed by atoms with E-state index in [0.29, 0.717) is 16.4 Å². The second-order valence-corrected chi connectivity index (χ2v) is 3.52. The molecule has 1 rings (SSSR count). The zero-order valence-corrected chi connectivity index (χ0v) is 9.01. The zero-order valence-electron chi connectivity index (χ0n) is 8.25. The summed E-state index contributed by atoms with van der Waals surface area (Å²) in [5, 5.41) is 0.451. The summed E-state index contributed by atoms with van der Waals surface area (Å²) in [5.74, 6) is 0.445. The highest BCUT2D eigenvalue weighted by atomic mass is 35.5. The van der Waals surface area contributed by atoms with Crippen LogP contribution in [0.2, 0.25) is 5.02 Å². The van der Waals surface area contributed by atoms with Gasteiger partial charge < -0.3 is 10.6 Å². The highest BCUT2D eigenvalue weighted by Crippen LogP contribution is 2.19. The number of nitrogens with zero attached hydrogens (tertiary/aromatic N) is 2. The molecule has 0 unspecified atom stereocenters. The summed E-state index contributed by atoms with van der Waals surface area (Å²) in [5.41, 5.74) is 6.14. The highest BCUT2D eigenvalue weighted by Gasteiger charge is 2.11. The quantitative estimate of drug-likeness (QED) is 0.867. The molecule has 0 amide bonds. The van der Waals surface area contributed by atoms with Gasteiger partial charge in [0, 0.05) is 19.8 Å². The van der Waals surface area contributed by atoms with E-state index in [1.165, 1.54) is 11.1 Å². The molecular weight excluding hydrogens is 224 g/mol. The van der Waals surface area contributed by atoms with Crippen molar-refractivity contribution in [3.05, 3.63) is 22.8 Å². The molecule has 0 aliphatic heterocycles. The molecule has 0 radical (unpaired) electrons. The maximum atomic E-state index is 12.1. The van der Waals surface area contributed by atoms with Gasteiger partial charge in [0.15, 0.2) is 0 Å². The van der Waals surface area contributed by atoms with Crippen LogP contribution >= 0.6 is 11.6 Å². The van der Waals surface area contributed by atoms with Crippen LogP contribution in [0, 0.1) is 0 Å². The Hall–Kier alpha value is -0.940. The van der Waals surface area contributed by atoms with Gasteiger partial charge in [-0.25, -0.2) is 13.8 Å². The molecule has 0 saturated carbocycles. The van der Waals surface area contributed by atoms with Crippen molar-refractivity contribution < 1.29 is 8.78 Å². The lowest BCUT2D eigenvalue weighted by atomic mass is 10.2. The highest BCUT2D eigenvalue weighted by molar-refractivity contribution is 6.31. The van der Waals surface area contributed by atoms with Crippen molar-refractivity contribution in [3.8, 4) is 0 Å². The molecular formula is C9H12ClF2N3. The van der Waals surface area contributed by atoms with Gasteiger partial charge in [-0.1, -0.05) is 11.6 Å². The molecule has 0 saturated heterocycles. The van der Waals surface area contributed by atoms with E-state index in [1.54, 1.807) is 13.1 Å². The molecule has 1 aromatic rings. The van der Waals surface area contributed by atoms with Crippen molar-refractivity contribution in [1.82, 2.24) is 4.98 Å². The normalized spacial score (nSPS) is 10.8. The minimum atomic E-state index is -2.39. The second kappa shape index (κ2) is 5.23. The van der Waals surface area contributed by atoms with E-state index in [9.17, 15) is 8.78 Å². The average molecular weight is 236 g/mol. The maximum Gasteiger partial charge on any atom is 0.255 e. The standard InChI is InChI=1S/C9H12ClF2N3/c1-15(5-8(11)12)9-2-6(3-13)7(10)4-14-9/h2,4,8H,3,5,13H2,1H3. The van der Waals surface area contributed by atoms with Crippen molar-refractivity contribution in [1.29, 1.82) is 0 Å². The lowest BCUT2D eigenvalue weighted by molar-refractivity contribution is 0.156. The van der Waals surface area contributed by atoms with Crippen LogP contribution in [0.3, 0.4) is 0 Å². The third-order valence-electron chi connectivity index (χ3n) is 1.94. The number of aromatic nitrogens is 1. The van der Waals surface area contributed by atoms with E-state index >= 15 is 0 Å². The third-order valence-corrected chi connectivity index (χ3v) is 2.28. The number of pyridine rings is 1.